The molecule has 1 aromatic heterocycles. The third kappa shape index (κ3) is 2.63. The molecule has 5 nitrogen and oxygen atoms in total. The van der Waals surface area contributed by atoms with Crippen LogP contribution in [0.25, 0.3) is 0 Å². The number of nitrogen functional groups attached to an aromatic ring is 1. The van der Waals surface area contributed by atoms with E-state index < -0.39 is 0 Å². The van der Waals surface area contributed by atoms with Gasteiger partial charge < -0.3 is 10.5 Å². The Kier molecular flexibility index (Phi) is 2.73. The van der Waals surface area contributed by atoms with Gasteiger partial charge in [0.15, 0.2) is 5.82 Å². The van der Waals surface area contributed by atoms with Gasteiger partial charge in [-0.05, 0) is 24.3 Å². The first-order valence-electron chi connectivity index (χ1n) is 4.45. The summed E-state index contributed by atoms with van der Waals surface area (Å²) in [6.45, 7) is 0.303. The number of nitrogens with zero attached hydrogens (tertiary/aromatic N) is 3. The van der Waals surface area contributed by atoms with Crippen molar-refractivity contribution in [1.82, 2.24) is 15.2 Å². The van der Waals surface area contributed by atoms with Crippen molar-refractivity contribution in [2.75, 3.05) is 5.73 Å². The van der Waals surface area contributed by atoms with Crippen LogP contribution in [0.4, 0.5) is 5.69 Å². The molecule has 0 aliphatic heterocycles. The average molecular weight is 202 g/mol. The van der Waals surface area contributed by atoms with Crippen molar-refractivity contribution >= 4 is 5.69 Å². The van der Waals surface area contributed by atoms with Gasteiger partial charge in [-0.2, -0.15) is 5.10 Å². The molecule has 2 N–H and O–H groups in total. The molecule has 0 amide bonds. The van der Waals surface area contributed by atoms with Gasteiger partial charge in [0.1, 0.15) is 12.4 Å². The van der Waals surface area contributed by atoms with Crippen molar-refractivity contribution in [1.29, 1.82) is 0 Å². The number of hydrogen-bond acceptors (Lipinski definition) is 5. The van der Waals surface area contributed by atoms with Gasteiger partial charge in [0, 0.05) is 11.9 Å². The molecule has 0 spiro atoms. The van der Waals surface area contributed by atoms with Crippen molar-refractivity contribution in [2.24, 2.45) is 0 Å². The zero-order valence-electron chi connectivity index (χ0n) is 8.00. The third-order valence-electron chi connectivity index (χ3n) is 1.78. The summed E-state index contributed by atoms with van der Waals surface area (Å²) in [6, 6.07) is 7.15. The van der Waals surface area contributed by atoms with E-state index in [4.69, 9.17) is 10.5 Å². The van der Waals surface area contributed by atoms with Crippen molar-refractivity contribution in [2.45, 2.75) is 6.61 Å². The lowest BCUT2D eigenvalue weighted by Crippen LogP contribution is -2.01. The van der Waals surface area contributed by atoms with Gasteiger partial charge in [0.05, 0.1) is 6.20 Å². The van der Waals surface area contributed by atoms with Crippen molar-refractivity contribution in [3.8, 4) is 5.75 Å². The summed E-state index contributed by atoms with van der Waals surface area (Å²) in [5, 5.41) is 7.50. The number of rotatable bonds is 3. The van der Waals surface area contributed by atoms with Crippen LogP contribution in [0.5, 0.6) is 5.75 Å². The highest BCUT2D eigenvalue weighted by Crippen LogP contribution is 2.13. The Morgan fingerprint density at radius 2 is 1.93 bits per heavy atom. The van der Waals surface area contributed by atoms with E-state index in [0.717, 1.165) is 5.75 Å². The molecule has 0 saturated heterocycles. The highest BCUT2D eigenvalue weighted by molar-refractivity contribution is 5.41. The number of nitrogens with two attached hydrogens (primary N) is 1. The van der Waals surface area contributed by atoms with Crippen molar-refractivity contribution in [3.05, 3.63) is 42.5 Å². The number of anilines is 1. The molecule has 1 aromatic carbocycles. The van der Waals surface area contributed by atoms with Gasteiger partial charge in [-0.1, -0.05) is 0 Å². The SMILES string of the molecule is Nc1ccc(OCc2nccnn2)cc1. The van der Waals surface area contributed by atoms with E-state index in [1.54, 1.807) is 30.5 Å². The number of aromatic nitrogens is 3. The fourth-order valence-electron chi connectivity index (χ4n) is 1.05. The largest absolute Gasteiger partial charge is 0.486 e. The van der Waals surface area contributed by atoms with E-state index in [1.807, 2.05) is 0 Å². The Balaban J connectivity index is 1.96. The molecule has 0 radical (unpaired) electrons. The standard InChI is InChI=1S/C10H10N4O/c11-8-1-3-9(4-2-8)15-7-10-12-5-6-13-14-10/h1-6H,7,11H2. The summed E-state index contributed by atoms with van der Waals surface area (Å²) in [4.78, 5) is 3.99. The second kappa shape index (κ2) is 4.36. The van der Waals surface area contributed by atoms with E-state index in [2.05, 4.69) is 15.2 Å². The Morgan fingerprint density at radius 1 is 1.13 bits per heavy atom. The van der Waals surface area contributed by atoms with Gasteiger partial charge in [0.25, 0.3) is 0 Å². The summed E-state index contributed by atoms with van der Waals surface area (Å²) in [5.41, 5.74) is 6.25. The second-order valence-corrected chi connectivity index (χ2v) is 2.92. The van der Waals surface area contributed by atoms with Crippen LogP contribution in [0.15, 0.2) is 36.7 Å². The van der Waals surface area contributed by atoms with Gasteiger partial charge in [-0.15, -0.1) is 5.10 Å². The molecule has 2 rings (SSSR count). The van der Waals surface area contributed by atoms with Crippen LogP contribution in [0.3, 0.4) is 0 Å². The van der Waals surface area contributed by atoms with Gasteiger partial charge >= 0.3 is 0 Å². The van der Waals surface area contributed by atoms with E-state index >= 15 is 0 Å². The molecule has 2 aromatic rings. The maximum absolute atomic E-state index is 5.54. The van der Waals surface area contributed by atoms with E-state index in [1.165, 1.54) is 6.20 Å². The minimum absolute atomic E-state index is 0.303. The molecule has 0 aliphatic rings. The van der Waals surface area contributed by atoms with Crippen LogP contribution in [0.2, 0.25) is 0 Å². The molecule has 0 aliphatic carbocycles. The lowest BCUT2D eigenvalue weighted by molar-refractivity contribution is 0.294. The van der Waals surface area contributed by atoms with Gasteiger partial charge in [0.2, 0.25) is 0 Å². The summed E-state index contributed by atoms with van der Waals surface area (Å²) in [7, 11) is 0. The Labute approximate surface area is 86.9 Å². The van der Waals surface area contributed by atoms with Crippen LogP contribution < -0.4 is 10.5 Å². The molecular weight excluding hydrogens is 192 g/mol. The number of hydrogen-bond donors (Lipinski definition) is 1. The van der Waals surface area contributed by atoms with E-state index in [0.29, 0.717) is 18.1 Å². The van der Waals surface area contributed by atoms with Crippen LogP contribution in [0, 0.1) is 0 Å². The van der Waals surface area contributed by atoms with Gasteiger partial charge in [-0.3, -0.25) is 0 Å². The first-order valence-corrected chi connectivity index (χ1v) is 4.45. The Morgan fingerprint density at radius 3 is 2.60 bits per heavy atom. The number of ether oxygens (including phenoxy) is 1. The van der Waals surface area contributed by atoms with E-state index in [9.17, 15) is 0 Å². The zero-order valence-corrected chi connectivity index (χ0v) is 8.00. The molecule has 0 bridgehead atoms. The van der Waals surface area contributed by atoms with Crippen molar-refractivity contribution in [3.63, 3.8) is 0 Å². The summed E-state index contributed by atoms with van der Waals surface area (Å²) in [6.07, 6.45) is 3.10. The van der Waals surface area contributed by atoms with Crippen molar-refractivity contribution < 1.29 is 4.74 Å². The number of benzene rings is 1. The predicted molar refractivity (Wildman–Crippen MR) is 55.0 cm³/mol. The average Bonchev–Trinajstić information content (AvgIpc) is 2.30. The van der Waals surface area contributed by atoms with E-state index in [-0.39, 0.29) is 0 Å². The monoisotopic (exact) mass is 202 g/mol. The molecule has 76 valence electrons. The molecule has 0 saturated carbocycles. The smallest absolute Gasteiger partial charge is 0.188 e. The molecule has 0 unspecified atom stereocenters. The Bertz CT molecular complexity index is 415. The maximum Gasteiger partial charge on any atom is 0.188 e. The molecule has 0 fully saturated rings. The van der Waals surface area contributed by atoms with Crippen LogP contribution in [-0.2, 0) is 6.61 Å². The molecular formula is C10H10N4O. The quantitative estimate of drug-likeness (QED) is 0.752. The molecule has 15 heavy (non-hydrogen) atoms. The van der Waals surface area contributed by atoms with Crippen LogP contribution in [0.1, 0.15) is 5.82 Å². The van der Waals surface area contributed by atoms with Gasteiger partial charge in [-0.25, -0.2) is 4.98 Å². The molecule has 0 atom stereocenters. The summed E-state index contributed by atoms with van der Waals surface area (Å²) < 4.78 is 5.43. The molecule has 1 heterocycles. The van der Waals surface area contributed by atoms with Crippen LogP contribution >= 0.6 is 0 Å². The second-order valence-electron chi connectivity index (χ2n) is 2.92. The topological polar surface area (TPSA) is 73.9 Å². The minimum atomic E-state index is 0.303. The zero-order chi connectivity index (χ0) is 10.5. The fourth-order valence-corrected chi connectivity index (χ4v) is 1.05. The summed E-state index contributed by atoms with van der Waals surface area (Å²) >= 11 is 0. The van der Waals surface area contributed by atoms with Crippen LogP contribution in [-0.4, -0.2) is 15.2 Å². The lowest BCUT2D eigenvalue weighted by atomic mass is 10.3. The lowest BCUT2D eigenvalue weighted by Gasteiger charge is -2.04. The Hall–Kier alpha value is -2.17. The highest BCUT2D eigenvalue weighted by atomic mass is 16.5. The first-order chi connectivity index (χ1) is 7.34. The first kappa shape index (κ1) is 9.39. The fraction of sp³-hybridized carbons (Fsp3) is 0.100. The third-order valence-corrected chi connectivity index (χ3v) is 1.78. The maximum atomic E-state index is 5.54. The molecule has 5 heteroatoms. The predicted octanol–water partition coefficient (Wildman–Crippen LogP) is 1.03. The summed E-state index contributed by atoms with van der Waals surface area (Å²) in [5.74, 6) is 1.28. The normalized spacial score (nSPS) is 9.87. The minimum Gasteiger partial charge on any atom is -0.486 e. The highest BCUT2D eigenvalue weighted by Gasteiger charge is 1.97.